The lowest BCUT2D eigenvalue weighted by molar-refractivity contribution is -0.384. The highest BCUT2D eigenvalue weighted by atomic mass is 19.1. The molecular formula is C10H8FNO4. The van der Waals surface area contributed by atoms with Crippen LogP contribution in [0.4, 0.5) is 10.1 Å². The highest BCUT2D eigenvalue weighted by Crippen LogP contribution is 2.16. The molecule has 0 saturated heterocycles. The van der Waals surface area contributed by atoms with Crippen molar-refractivity contribution in [3.8, 4) is 0 Å². The highest BCUT2D eigenvalue weighted by Gasteiger charge is 2.09. The number of carbonyl (C=O) groups is 1. The molecule has 0 aliphatic rings. The molecule has 0 bridgehead atoms. The van der Waals surface area contributed by atoms with Crippen molar-refractivity contribution in [2.24, 2.45) is 0 Å². The average Bonchev–Trinajstić information content (AvgIpc) is 2.28. The Kier molecular flexibility index (Phi) is 3.71. The van der Waals surface area contributed by atoms with E-state index in [9.17, 15) is 19.3 Å². The number of nitro benzene ring substituents is 1. The largest absolute Gasteiger partial charge is 0.464 e. The van der Waals surface area contributed by atoms with Crippen molar-refractivity contribution in [3.63, 3.8) is 0 Å². The van der Waals surface area contributed by atoms with Gasteiger partial charge in [0.1, 0.15) is 0 Å². The Labute approximate surface area is 90.3 Å². The molecule has 6 heteroatoms. The molecule has 84 valence electrons. The van der Waals surface area contributed by atoms with Crippen molar-refractivity contribution in [2.75, 3.05) is 7.11 Å². The molecule has 0 aliphatic carbocycles. The third-order valence-corrected chi connectivity index (χ3v) is 1.75. The normalized spacial score (nSPS) is 11.0. The van der Waals surface area contributed by atoms with Crippen LogP contribution in [0, 0.1) is 10.1 Å². The smallest absolute Gasteiger partial charge is 0.366 e. The van der Waals surface area contributed by atoms with Crippen LogP contribution in [-0.4, -0.2) is 18.0 Å². The van der Waals surface area contributed by atoms with Crippen LogP contribution in [0.15, 0.2) is 30.1 Å². The zero-order valence-electron chi connectivity index (χ0n) is 8.34. The fourth-order valence-electron chi connectivity index (χ4n) is 1.03. The number of benzene rings is 1. The van der Waals surface area contributed by atoms with Gasteiger partial charge in [-0.3, -0.25) is 10.1 Å². The summed E-state index contributed by atoms with van der Waals surface area (Å²) in [6, 6.07) is 5.26. The van der Waals surface area contributed by atoms with E-state index in [4.69, 9.17) is 0 Å². The summed E-state index contributed by atoms with van der Waals surface area (Å²) in [7, 11) is 1.04. The van der Waals surface area contributed by atoms with Crippen molar-refractivity contribution in [2.45, 2.75) is 0 Å². The summed E-state index contributed by atoms with van der Waals surface area (Å²) in [5.41, 5.74) is 0.0449. The van der Waals surface area contributed by atoms with Crippen LogP contribution in [0.2, 0.25) is 0 Å². The van der Waals surface area contributed by atoms with Crippen molar-refractivity contribution < 1.29 is 18.8 Å². The van der Waals surface area contributed by atoms with Crippen molar-refractivity contribution >= 4 is 17.7 Å². The van der Waals surface area contributed by atoms with Crippen molar-refractivity contribution in [1.29, 1.82) is 0 Å². The van der Waals surface area contributed by atoms with E-state index in [0.717, 1.165) is 19.3 Å². The summed E-state index contributed by atoms with van der Waals surface area (Å²) in [6.45, 7) is 0. The first-order valence-electron chi connectivity index (χ1n) is 4.24. The Hall–Kier alpha value is -2.24. The Morgan fingerprint density at radius 2 is 2.25 bits per heavy atom. The molecule has 0 spiro atoms. The number of esters is 1. The lowest BCUT2D eigenvalue weighted by Crippen LogP contribution is -2.00. The minimum Gasteiger partial charge on any atom is -0.464 e. The number of non-ortho nitro benzene ring substituents is 1. The van der Waals surface area contributed by atoms with E-state index >= 15 is 0 Å². The van der Waals surface area contributed by atoms with Gasteiger partial charge in [0.25, 0.3) is 5.69 Å². The van der Waals surface area contributed by atoms with Gasteiger partial charge in [0.2, 0.25) is 5.83 Å². The second kappa shape index (κ2) is 5.01. The summed E-state index contributed by atoms with van der Waals surface area (Å²) in [5, 5.41) is 10.4. The minimum absolute atomic E-state index is 0.175. The molecule has 0 aromatic heterocycles. The van der Waals surface area contributed by atoms with Gasteiger partial charge in [-0.1, -0.05) is 12.1 Å². The first kappa shape index (κ1) is 11.8. The number of methoxy groups -OCH3 is 1. The summed E-state index contributed by atoms with van der Waals surface area (Å²) < 4.78 is 17.2. The Morgan fingerprint density at radius 1 is 1.56 bits per heavy atom. The van der Waals surface area contributed by atoms with E-state index in [2.05, 4.69) is 4.74 Å². The lowest BCUT2D eigenvalue weighted by Gasteiger charge is -1.96. The molecular weight excluding hydrogens is 217 g/mol. The van der Waals surface area contributed by atoms with E-state index in [1.807, 2.05) is 0 Å². The second-order valence-corrected chi connectivity index (χ2v) is 2.84. The summed E-state index contributed by atoms with van der Waals surface area (Å²) in [5.74, 6) is -2.23. The van der Waals surface area contributed by atoms with Crippen molar-refractivity contribution in [3.05, 3.63) is 45.8 Å². The van der Waals surface area contributed by atoms with Crippen LogP contribution in [0.25, 0.3) is 6.08 Å². The topological polar surface area (TPSA) is 69.4 Å². The molecule has 0 heterocycles. The zero-order valence-corrected chi connectivity index (χ0v) is 8.34. The van der Waals surface area contributed by atoms with Crippen LogP contribution in [0.1, 0.15) is 5.56 Å². The van der Waals surface area contributed by atoms with Gasteiger partial charge in [-0.25, -0.2) is 4.79 Å². The molecule has 0 aliphatic heterocycles. The number of ether oxygens (including phenoxy) is 1. The van der Waals surface area contributed by atoms with Crippen molar-refractivity contribution in [1.82, 2.24) is 0 Å². The molecule has 0 fully saturated rings. The van der Waals surface area contributed by atoms with Crippen LogP contribution >= 0.6 is 0 Å². The third-order valence-electron chi connectivity index (χ3n) is 1.75. The molecule has 1 rings (SSSR count). The van der Waals surface area contributed by atoms with Crippen LogP contribution in [-0.2, 0) is 9.53 Å². The zero-order chi connectivity index (χ0) is 12.1. The standard InChI is InChI=1S/C10H8FNO4/c1-16-10(13)9(11)6-7-3-2-4-8(5-7)12(14)15/h2-6H,1H3. The Balaban J connectivity index is 3.02. The van der Waals surface area contributed by atoms with Gasteiger partial charge in [0, 0.05) is 12.1 Å². The lowest BCUT2D eigenvalue weighted by atomic mass is 10.2. The number of hydrogen-bond donors (Lipinski definition) is 0. The monoisotopic (exact) mass is 225 g/mol. The summed E-state index contributed by atoms with van der Waals surface area (Å²) in [6.07, 6.45) is 0.874. The first-order valence-corrected chi connectivity index (χ1v) is 4.24. The molecule has 0 N–H and O–H groups in total. The van der Waals surface area contributed by atoms with E-state index < -0.39 is 16.7 Å². The molecule has 0 amide bonds. The number of carbonyl (C=O) groups excluding carboxylic acids is 1. The van der Waals surface area contributed by atoms with Gasteiger partial charge < -0.3 is 4.74 Å². The van der Waals surface area contributed by atoms with E-state index in [-0.39, 0.29) is 11.3 Å². The number of nitrogens with zero attached hydrogens (tertiary/aromatic N) is 1. The Morgan fingerprint density at radius 3 is 2.81 bits per heavy atom. The van der Waals surface area contributed by atoms with Crippen LogP contribution in [0.3, 0.4) is 0 Å². The first-order chi connectivity index (χ1) is 7.54. The van der Waals surface area contributed by atoms with Gasteiger partial charge >= 0.3 is 5.97 Å². The number of hydrogen-bond acceptors (Lipinski definition) is 4. The molecule has 0 radical (unpaired) electrons. The average molecular weight is 225 g/mol. The molecule has 0 atom stereocenters. The minimum atomic E-state index is -1.12. The van der Waals surface area contributed by atoms with Gasteiger partial charge in [0.05, 0.1) is 12.0 Å². The maximum Gasteiger partial charge on any atom is 0.366 e. The van der Waals surface area contributed by atoms with Crippen LogP contribution in [0.5, 0.6) is 0 Å². The SMILES string of the molecule is COC(=O)C(F)=Cc1cccc([N+](=O)[O-])c1. The quantitative estimate of drug-likeness (QED) is 0.342. The number of nitro groups is 1. The summed E-state index contributed by atoms with van der Waals surface area (Å²) >= 11 is 0. The maximum absolute atomic E-state index is 13.0. The molecule has 1 aromatic carbocycles. The predicted octanol–water partition coefficient (Wildman–Crippen LogP) is 2.08. The summed E-state index contributed by atoms with van der Waals surface area (Å²) in [4.78, 5) is 20.6. The van der Waals surface area contributed by atoms with Gasteiger partial charge in [-0.05, 0) is 11.6 Å². The maximum atomic E-state index is 13.0. The molecule has 0 unspecified atom stereocenters. The van der Waals surface area contributed by atoms with Gasteiger partial charge in [-0.2, -0.15) is 4.39 Å². The number of rotatable bonds is 3. The fourth-order valence-corrected chi connectivity index (χ4v) is 1.03. The predicted molar refractivity (Wildman–Crippen MR) is 54.2 cm³/mol. The molecule has 16 heavy (non-hydrogen) atoms. The second-order valence-electron chi connectivity index (χ2n) is 2.84. The van der Waals surface area contributed by atoms with Gasteiger partial charge in [0.15, 0.2) is 0 Å². The molecule has 0 saturated carbocycles. The van der Waals surface area contributed by atoms with Gasteiger partial charge in [-0.15, -0.1) is 0 Å². The third kappa shape index (κ3) is 2.88. The highest BCUT2D eigenvalue weighted by molar-refractivity contribution is 5.91. The van der Waals surface area contributed by atoms with E-state index in [0.29, 0.717) is 0 Å². The number of halogens is 1. The Bertz CT molecular complexity index is 456. The molecule has 5 nitrogen and oxygen atoms in total. The fraction of sp³-hybridized carbons (Fsp3) is 0.100. The molecule has 1 aromatic rings. The van der Waals surface area contributed by atoms with E-state index in [1.165, 1.54) is 18.2 Å². The van der Waals surface area contributed by atoms with E-state index in [1.54, 1.807) is 0 Å². The van der Waals surface area contributed by atoms with Crippen LogP contribution < -0.4 is 0 Å².